The molecule has 11 heteroatoms. The maximum atomic E-state index is 9.00. The Labute approximate surface area is 299 Å². The van der Waals surface area contributed by atoms with E-state index in [9.17, 15) is 0 Å². The number of carboxylic acid groups (broad SMARTS) is 2. The zero-order chi connectivity index (χ0) is 34.2. The van der Waals surface area contributed by atoms with Crippen LogP contribution >= 0.6 is 15.8 Å². The summed E-state index contributed by atoms with van der Waals surface area (Å²) in [6, 6.07) is 0. The second kappa shape index (κ2) is 47.4. The molecule has 0 spiro atoms. The second-order valence-corrected chi connectivity index (χ2v) is 17.4. The van der Waals surface area contributed by atoms with Crippen LogP contribution in [0.15, 0.2) is 0 Å². The fraction of sp³-hybridized carbons (Fsp3) is 0.943. The van der Waals surface area contributed by atoms with Gasteiger partial charge in [0.25, 0.3) is 11.9 Å². The van der Waals surface area contributed by atoms with E-state index in [-0.39, 0.29) is 36.3 Å². The average Bonchev–Trinajstić information content (AvgIpc) is 2.98. The molecule has 0 unspecified atom stereocenters. The minimum Gasteiger partial charge on any atom is -0.481 e. The van der Waals surface area contributed by atoms with E-state index in [4.69, 9.17) is 40.2 Å². The second-order valence-electron chi connectivity index (χ2n) is 12.0. The van der Waals surface area contributed by atoms with Crippen molar-refractivity contribution in [1.82, 2.24) is 0 Å². The third-order valence-corrected chi connectivity index (χ3v) is 13.2. The van der Waals surface area contributed by atoms with Gasteiger partial charge in [-0.05, 0) is 94.8 Å². The van der Waals surface area contributed by atoms with Crippen molar-refractivity contribution >= 4 is 27.8 Å². The molecule has 0 fully saturated rings. The van der Waals surface area contributed by atoms with Crippen molar-refractivity contribution in [3.05, 3.63) is 0 Å². The molecule has 0 aliphatic rings. The van der Waals surface area contributed by atoms with E-state index in [1.54, 1.807) is 0 Å². The Balaban J connectivity index is -0.000000870. The molecule has 0 aromatic rings. The number of hydrogen-bond acceptors (Lipinski definition) is 6. The maximum absolute atomic E-state index is 9.00. The van der Waals surface area contributed by atoms with E-state index < -0.39 is 11.9 Å². The van der Waals surface area contributed by atoms with Gasteiger partial charge in [-0.3, -0.25) is 9.59 Å². The molecule has 0 aliphatic carbocycles. The SMILES string of the molecule is CC(=O)O.CC(=O)O.OCCCCCCCP(CCCCCCCO)CCCP(CCCCCCCO)CCCCCCCO.[Pd]. The Hall–Kier alpha value is 0.302. The first-order chi connectivity index (χ1) is 21.7. The maximum Gasteiger partial charge on any atom is 0.300 e. The predicted octanol–water partition coefficient (Wildman–Crippen LogP) is 8.29. The Bertz CT molecular complexity index is 503. The minimum atomic E-state index is -0.833. The van der Waals surface area contributed by atoms with Crippen LogP contribution in [0.2, 0.25) is 0 Å². The fourth-order valence-corrected chi connectivity index (χ4v) is 10.6. The quantitative estimate of drug-likeness (QED) is 0.0226. The van der Waals surface area contributed by atoms with Gasteiger partial charge < -0.3 is 30.6 Å². The Morgan fingerprint density at radius 2 is 0.500 bits per heavy atom. The number of aliphatic hydroxyl groups is 4. The molecule has 0 atom stereocenters. The van der Waals surface area contributed by atoms with Crippen molar-refractivity contribution < 1.29 is 60.7 Å². The Morgan fingerprint density at radius 1 is 0.348 bits per heavy atom. The molecule has 0 amide bonds. The summed E-state index contributed by atoms with van der Waals surface area (Å²) in [5.41, 5.74) is 0. The van der Waals surface area contributed by atoms with Gasteiger partial charge in [0, 0.05) is 60.7 Å². The predicted molar refractivity (Wildman–Crippen MR) is 195 cm³/mol. The summed E-state index contributed by atoms with van der Waals surface area (Å²) in [4.78, 5) is 18.0. The number of unbranched alkanes of at least 4 members (excludes halogenated alkanes) is 16. The smallest absolute Gasteiger partial charge is 0.300 e. The van der Waals surface area contributed by atoms with E-state index >= 15 is 0 Å². The van der Waals surface area contributed by atoms with Crippen LogP contribution in [0.25, 0.3) is 0 Å². The molecule has 0 saturated heterocycles. The van der Waals surface area contributed by atoms with Gasteiger partial charge >= 0.3 is 0 Å². The largest absolute Gasteiger partial charge is 0.481 e. The number of rotatable bonds is 32. The Kier molecular flexibility index (Phi) is 54.7. The zero-order valence-corrected chi connectivity index (χ0v) is 33.0. The summed E-state index contributed by atoms with van der Waals surface area (Å²) in [6.45, 7) is 3.54. The number of carbonyl (C=O) groups is 2. The number of aliphatic carboxylic acids is 2. The molecule has 0 saturated carbocycles. The standard InChI is InChI=1S/C31H66O4P2.2C2H4O2.Pd/c32-22-13-5-1-9-17-26-36(27-18-10-2-6-14-23-33)30-21-31-37(28-19-11-3-7-15-24-34)29-20-12-4-8-16-25-35;2*1-2(3)4;/h32-35H,1-31H2;2*1H3,(H,3,4);. The van der Waals surface area contributed by atoms with Crippen LogP contribution in [0.4, 0.5) is 0 Å². The Morgan fingerprint density at radius 3 is 0.696 bits per heavy atom. The first-order valence-corrected chi connectivity index (χ1v) is 21.8. The monoisotopic (exact) mass is 790 g/mol. The zero-order valence-electron chi connectivity index (χ0n) is 29.6. The average molecular weight is 791 g/mol. The summed E-state index contributed by atoms with van der Waals surface area (Å²) < 4.78 is 0. The van der Waals surface area contributed by atoms with Gasteiger partial charge in [0.15, 0.2) is 0 Å². The van der Waals surface area contributed by atoms with Gasteiger partial charge in [0.1, 0.15) is 0 Å². The summed E-state index contributed by atoms with van der Waals surface area (Å²) in [5, 5.41) is 50.9. The van der Waals surface area contributed by atoms with Crippen LogP contribution in [0.3, 0.4) is 0 Å². The normalized spacial score (nSPS) is 10.6. The van der Waals surface area contributed by atoms with Gasteiger partial charge in [-0.1, -0.05) is 77.0 Å². The number of carboxylic acids is 2. The van der Waals surface area contributed by atoms with Crippen molar-refractivity contribution in [2.24, 2.45) is 0 Å². The molecule has 0 aliphatic heterocycles. The van der Waals surface area contributed by atoms with E-state index in [0.29, 0.717) is 26.4 Å². The van der Waals surface area contributed by atoms with Gasteiger partial charge in [0.05, 0.1) is 0 Å². The van der Waals surface area contributed by atoms with E-state index in [0.717, 1.165) is 39.5 Å². The molecule has 0 rings (SSSR count). The molecule has 0 bridgehead atoms. The first-order valence-electron chi connectivity index (χ1n) is 18.0. The van der Waals surface area contributed by atoms with Crippen molar-refractivity contribution in [1.29, 1.82) is 0 Å². The molecule has 282 valence electrons. The van der Waals surface area contributed by atoms with Crippen LogP contribution < -0.4 is 0 Å². The van der Waals surface area contributed by atoms with E-state index in [1.807, 2.05) is 0 Å². The van der Waals surface area contributed by atoms with Crippen molar-refractivity contribution in [2.45, 2.75) is 149 Å². The molecule has 46 heavy (non-hydrogen) atoms. The molecule has 0 heterocycles. The topological polar surface area (TPSA) is 156 Å². The summed E-state index contributed by atoms with van der Waals surface area (Å²) in [5.74, 6) is -1.67. The summed E-state index contributed by atoms with van der Waals surface area (Å²) >= 11 is 0. The van der Waals surface area contributed by atoms with Crippen LogP contribution in [0.1, 0.15) is 149 Å². The minimum absolute atomic E-state index is 0. The van der Waals surface area contributed by atoms with E-state index in [2.05, 4.69) is 0 Å². The molecule has 8 nitrogen and oxygen atoms in total. The van der Waals surface area contributed by atoms with Crippen LogP contribution in [0.5, 0.6) is 0 Å². The first kappa shape index (κ1) is 53.1. The molecule has 0 aromatic carbocycles. The third-order valence-electron chi connectivity index (χ3n) is 7.48. The van der Waals surface area contributed by atoms with Crippen molar-refractivity contribution in [3.8, 4) is 0 Å². The van der Waals surface area contributed by atoms with Crippen molar-refractivity contribution in [3.63, 3.8) is 0 Å². The van der Waals surface area contributed by atoms with Crippen LogP contribution in [-0.2, 0) is 30.0 Å². The van der Waals surface area contributed by atoms with E-state index in [1.165, 1.54) is 146 Å². The van der Waals surface area contributed by atoms with Crippen LogP contribution in [-0.4, -0.2) is 106 Å². The van der Waals surface area contributed by atoms with Gasteiger partial charge in [0.2, 0.25) is 0 Å². The van der Waals surface area contributed by atoms with Crippen molar-refractivity contribution in [2.75, 3.05) is 63.4 Å². The molecular formula is C35H74O8P2Pd. The van der Waals surface area contributed by atoms with Crippen LogP contribution in [0, 0.1) is 0 Å². The summed E-state index contributed by atoms with van der Waals surface area (Å²) in [7, 11) is 0.356. The molecular weight excluding hydrogens is 717 g/mol. The van der Waals surface area contributed by atoms with Gasteiger partial charge in [-0.15, -0.1) is 15.8 Å². The number of aliphatic hydroxyl groups excluding tert-OH is 4. The molecule has 0 radical (unpaired) electrons. The van der Waals surface area contributed by atoms with Gasteiger partial charge in [-0.2, -0.15) is 0 Å². The molecule has 0 aromatic heterocycles. The third kappa shape index (κ3) is 56.6. The summed E-state index contributed by atoms with van der Waals surface area (Å²) in [6.07, 6.45) is 34.9. The molecule has 6 N–H and O–H groups in total. The fourth-order valence-electron chi connectivity index (χ4n) is 5.10. The number of hydrogen-bond donors (Lipinski definition) is 6. The van der Waals surface area contributed by atoms with Gasteiger partial charge in [-0.25, -0.2) is 0 Å².